The summed E-state index contributed by atoms with van der Waals surface area (Å²) in [5, 5.41) is 4.77. The predicted octanol–water partition coefficient (Wildman–Crippen LogP) is 1.50. The molecule has 116 valence electrons. The first-order valence-electron chi connectivity index (χ1n) is 6.99. The van der Waals surface area contributed by atoms with Crippen LogP contribution in [-0.4, -0.2) is 52.6 Å². The lowest BCUT2D eigenvalue weighted by Gasteiger charge is -2.34. The molecule has 0 radical (unpaired) electrons. The second-order valence-electron chi connectivity index (χ2n) is 4.97. The fourth-order valence-electron chi connectivity index (χ4n) is 2.39. The van der Waals surface area contributed by atoms with Gasteiger partial charge in [-0.3, -0.25) is 4.79 Å². The van der Waals surface area contributed by atoms with Gasteiger partial charge >= 0.3 is 0 Å². The molecule has 1 saturated heterocycles. The maximum atomic E-state index is 12.6. The number of ether oxygens (including phenoxy) is 1. The lowest BCUT2D eigenvalue weighted by atomic mass is 10.2. The van der Waals surface area contributed by atoms with Gasteiger partial charge in [-0.1, -0.05) is 0 Å². The maximum Gasteiger partial charge on any atom is 0.274 e. The number of aryl methyl sites for hydroxylation is 1. The van der Waals surface area contributed by atoms with Crippen LogP contribution in [0.3, 0.4) is 0 Å². The Balaban J connectivity index is 1.93. The van der Waals surface area contributed by atoms with Crippen LogP contribution in [0.4, 0.5) is 5.82 Å². The highest BCUT2D eigenvalue weighted by Crippen LogP contribution is 2.24. The summed E-state index contributed by atoms with van der Waals surface area (Å²) in [7, 11) is 1.81. The summed E-state index contributed by atoms with van der Waals surface area (Å²) in [4.78, 5) is 27.4. The number of nitrogens with zero attached hydrogens (tertiary/aromatic N) is 4. The Morgan fingerprint density at radius 2 is 2.36 bits per heavy atom. The molecule has 1 aliphatic rings. The van der Waals surface area contributed by atoms with Gasteiger partial charge in [0.2, 0.25) is 0 Å². The van der Waals surface area contributed by atoms with Gasteiger partial charge in [-0.25, -0.2) is 15.0 Å². The van der Waals surface area contributed by atoms with E-state index in [1.807, 2.05) is 13.0 Å². The van der Waals surface area contributed by atoms with Crippen molar-refractivity contribution in [3.63, 3.8) is 0 Å². The number of rotatable bonds is 3. The molecule has 1 fully saturated rings. The molecule has 0 saturated carbocycles. The van der Waals surface area contributed by atoms with Crippen molar-refractivity contribution >= 4 is 23.1 Å². The SMILES string of the molecule is CNc1cc(C)nc(C2COCCN2C(=O)c2cscn2)n1. The lowest BCUT2D eigenvalue weighted by Crippen LogP contribution is -2.44. The van der Waals surface area contributed by atoms with Crippen LogP contribution >= 0.6 is 11.3 Å². The first-order chi connectivity index (χ1) is 10.7. The van der Waals surface area contributed by atoms with Crippen molar-refractivity contribution in [2.45, 2.75) is 13.0 Å². The number of amides is 1. The van der Waals surface area contributed by atoms with Gasteiger partial charge in [0.15, 0.2) is 5.82 Å². The zero-order valence-corrected chi connectivity index (χ0v) is 13.3. The van der Waals surface area contributed by atoms with E-state index in [1.54, 1.807) is 22.8 Å². The summed E-state index contributed by atoms with van der Waals surface area (Å²) in [6.45, 7) is 3.31. The first-order valence-corrected chi connectivity index (χ1v) is 7.93. The number of carbonyl (C=O) groups excluding carboxylic acids is 1. The second-order valence-corrected chi connectivity index (χ2v) is 5.68. The third-order valence-electron chi connectivity index (χ3n) is 3.47. The van der Waals surface area contributed by atoms with Gasteiger partial charge in [-0.2, -0.15) is 0 Å². The van der Waals surface area contributed by atoms with E-state index in [-0.39, 0.29) is 11.9 Å². The van der Waals surface area contributed by atoms with E-state index in [9.17, 15) is 4.79 Å². The molecule has 8 heteroatoms. The summed E-state index contributed by atoms with van der Waals surface area (Å²) < 4.78 is 5.54. The molecule has 1 N–H and O–H groups in total. The van der Waals surface area contributed by atoms with Gasteiger partial charge in [-0.05, 0) is 6.92 Å². The van der Waals surface area contributed by atoms with Gasteiger partial charge in [0.05, 0.1) is 18.7 Å². The van der Waals surface area contributed by atoms with E-state index in [0.29, 0.717) is 31.3 Å². The van der Waals surface area contributed by atoms with Crippen molar-refractivity contribution in [3.8, 4) is 0 Å². The summed E-state index contributed by atoms with van der Waals surface area (Å²) in [5.74, 6) is 1.22. The number of morpholine rings is 1. The van der Waals surface area contributed by atoms with Crippen molar-refractivity contribution in [2.75, 3.05) is 32.1 Å². The largest absolute Gasteiger partial charge is 0.377 e. The van der Waals surface area contributed by atoms with Gasteiger partial charge in [0.1, 0.15) is 17.6 Å². The summed E-state index contributed by atoms with van der Waals surface area (Å²) in [6, 6.07) is 1.56. The zero-order chi connectivity index (χ0) is 15.5. The maximum absolute atomic E-state index is 12.6. The van der Waals surface area contributed by atoms with Crippen LogP contribution in [0.5, 0.6) is 0 Å². The molecule has 2 aromatic rings. The molecule has 0 aromatic carbocycles. The van der Waals surface area contributed by atoms with Crippen molar-refractivity contribution in [2.24, 2.45) is 0 Å². The molecule has 22 heavy (non-hydrogen) atoms. The first kappa shape index (κ1) is 14.9. The number of thiazole rings is 1. The molecule has 1 unspecified atom stereocenters. The van der Waals surface area contributed by atoms with Crippen LogP contribution in [0, 0.1) is 6.92 Å². The molecule has 1 atom stereocenters. The Kier molecular flexibility index (Phi) is 4.30. The van der Waals surface area contributed by atoms with Crippen molar-refractivity contribution < 1.29 is 9.53 Å². The summed E-state index contributed by atoms with van der Waals surface area (Å²) in [5.41, 5.74) is 2.96. The minimum absolute atomic E-state index is 0.106. The zero-order valence-electron chi connectivity index (χ0n) is 12.4. The van der Waals surface area contributed by atoms with Crippen LogP contribution in [-0.2, 0) is 4.74 Å². The standard InChI is InChI=1S/C14H17N5O2S/c1-9-5-12(15-2)18-13(17-9)11-6-21-4-3-19(11)14(20)10-7-22-8-16-10/h5,7-8,11H,3-4,6H2,1-2H3,(H,15,17,18). The number of hydrogen-bond acceptors (Lipinski definition) is 7. The van der Waals surface area contributed by atoms with E-state index in [0.717, 1.165) is 11.5 Å². The molecule has 7 nitrogen and oxygen atoms in total. The molecule has 1 amide bonds. The van der Waals surface area contributed by atoms with Gasteiger partial charge in [0, 0.05) is 30.7 Å². The second kappa shape index (κ2) is 6.37. The normalized spacial score (nSPS) is 18.3. The van der Waals surface area contributed by atoms with Crippen molar-refractivity contribution in [1.29, 1.82) is 0 Å². The topological polar surface area (TPSA) is 80.2 Å². The molecule has 3 rings (SSSR count). The highest BCUT2D eigenvalue weighted by molar-refractivity contribution is 7.07. The number of nitrogens with one attached hydrogen (secondary N) is 1. The Morgan fingerprint density at radius 3 is 3.09 bits per heavy atom. The quantitative estimate of drug-likeness (QED) is 0.923. The molecule has 2 aromatic heterocycles. The Morgan fingerprint density at radius 1 is 1.50 bits per heavy atom. The predicted molar refractivity (Wildman–Crippen MR) is 83.0 cm³/mol. The molecular weight excluding hydrogens is 302 g/mol. The summed E-state index contributed by atoms with van der Waals surface area (Å²) >= 11 is 1.41. The van der Waals surface area contributed by atoms with Crippen LogP contribution in [0.25, 0.3) is 0 Å². The third kappa shape index (κ3) is 2.93. The van der Waals surface area contributed by atoms with E-state index in [2.05, 4.69) is 20.3 Å². The molecule has 3 heterocycles. The van der Waals surface area contributed by atoms with E-state index >= 15 is 0 Å². The van der Waals surface area contributed by atoms with E-state index in [1.165, 1.54) is 11.3 Å². The van der Waals surface area contributed by atoms with Crippen molar-refractivity contribution in [1.82, 2.24) is 19.9 Å². The van der Waals surface area contributed by atoms with E-state index in [4.69, 9.17) is 4.74 Å². The highest BCUT2D eigenvalue weighted by Gasteiger charge is 2.32. The van der Waals surface area contributed by atoms with E-state index < -0.39 is 0 Å². The minimum Gasteiger partial charge on any atom is -0.377 e. The number of aromatic nitrogens is 3. The number of anilines is 1. The molecule has 1 aliphatic heterocycles. The average Bonchev–Trinajstić information content (AvgIpc) is 3.08. The fraction of sp³-hybridized carbons (Fsp3) is 0.429. The minimum atomic E-state index is -0.296. The van der Waals surface area contributed by atoms with Crippen LogP contribution in [0.15, 0.2) is 17.0 Å². The van der Waals surface area contributed by atoms with Crippen molar-refractivity contribution in [3.05, 3.63) is 34.2 Å². The summed E-state index contributed by atoms with van der Waals surface area (Å²) in [6.07, 6.45) is 0. The Labute approximate surface area is 132 Å². The van der Waals surface area contributed by atoms with Crippen LogP contribution in [0.1, 0.15) is 28.0 Å². The highest BCUT2D eigenvalue weighted by atomic mass is 32.1. The molecular formula is C14H17N5O2S. The Bertz CT molecular complexity index is 661. The van der Waals surface area contributed by atoms with Gasteiger partial charge < -0.3 is 15.0 Å². The smallest absolute Gasteiger partial charge is 0.274 e. The lowest BCUT2D eigenvalue weighted by molar-refractivity contribution is -0.00549. The molecule has 0 bridgehead atoms. The number of carbonyl (C=O) groups is 1. The monoisotopic (exact) mass is 319 g/mol. The Hall–Kier alpha value is -2.06. The average molecular weight is 319 g/mol. The fourth-order valence-corrected chi connectivity index (χ4v) is 2.92. The molecule has 0 aliphatic carbocycles. The van der Waals surface area contributed by atoms with Crippen LogP contribution < -0.4 is 5.32 Å². The molecule has 0 spiro atoms. The van der Waals surface area contributed by atoms with Crippen LogP contribution in [0.2, 0.25) is 0 Å². The van der Waals surface area contributed by atoms with Gasteiger partial charge in [-0.15, -0.1) is 11.3 Å². The third-order valence-corrected chi connectivity index (χ3v) is 4.05. The van der Waals surface area contributed by atoms with Gasteiger partial charge in [0.25, 0.3) is 5.91 Å². The number of hydrogen-bond donors (Lipinski definition) is 1.